The first kappa shape index (κ1) is 3.90. The van der Waals surface area contributed by atoms with Crippen molar-refractivity contribution in [3.8, 4) is 0 Å². The zero-order chi connectivity index (χ0) is 4.57. The van der Waals surface area contributed by atoms with Crippen molar-refractivity contribution in [2.45, 2.75) is 0 Å². The van der Waals surface area contributed by atoms with E-state index in [9.17, 15) is 4.79 Å². The van der Waals surface area contributed by atoms with Gasteiger partial charge in [-0.05, 0) is 0 Å². The minimum absolute atomic E-state index is 0.241. The van der Waals surface area contributed by atoms with Crippen molar-refractivity contribution in [3.63, 3.8) is 0 Å². The standard InChI is InChI=1S/C3H3NOSe/c4-3(5)2-1-6-2/h1H,(H2,4,5). The molecule has 0 saturated heterocycles. The van der Waals surface area contributed by atoms with Gasteiger partial charge < -0.3 is 0 Å². The number of rotatable bonds is 1. The molecular formula is C3H3NOSe. The van der Waals surface area contributed by atoms with Crippen LogP contribution in [0.1, 0.15) is 0 Å². The molecule has 1 amide bonds. The Morgan fingerprint density at radius 3 is 2.50 bits per heavy atom. The molecule has 0 radical (unpaired) electrons. The van der Waals surface area contributed by atoms with E-state index in [0.29, 0.717) is 15.0 Å². The van der Waals surface area contributed by atoms with E-state index in [2.05, 4.69) is 0 Å². The number of primary amides is 1. The zero-order valence-electron chi connectivity index (χ0n) is 2.97. The Balaban J connectivity index is 2.52. The number of amides is 1. The van der Waals surface area contributed by atoms with E-state index < -0.39 is 0 Å². The monoisotopic (exact) mass is 149 g/mol. The van der Waals surface area contributed by atoms with Gasteiger partial charge in [0.25, 0.3) is 0 Å². The molecule has 3 heteroatoms. The van der Waals surface area contributed by atoms with Gasteiger partial charge >= 0.3 is 40.8 Å². The maximum atomic E-state index is 9.93. The molecule has 2 nitrogen and oxygen atoms in total. The summed E-state index contributed by atoms with van der Waals surface area (Å²) < 4.78 is 0.836. The van der Waals surface area contributed by atoms with E-state index in [0.717, 1.165) is 4.47 Å². The van der Waals surface area contributed by atoms with Crippen molar-refractivity contribution in [1.29, 1.82) is 0 Å². The summed E-state index contributed by atoms with van der Waals surface area (Å²) in [7, 11) is 0. The maximum absolute atomic E-state index is 9.93. The van der Waals surface area contributed by atoms with Crippen molar-refractivity contribution in [1.82, 2.24) is 0 Å². The van der Waals surface area contributed by atoms with Crippen LogP contribution in [0.5, 0.6) is 0 Å². The van der Waals surface area contributed by atoms with Gasteiger partial charge in [0.15, 0.2) is 0 Å². The molecule has 0 saturated carbocycles. The fraction of sp³-hybridized carbons (Fsp3) is 0. The number of hydrogen-bond acceptors (Lipinski definition) is 1. The Kier molecular flexibility index (Phi) is 0.716. The molecule has 0 unspecified atom stereocenters. The molecule has 1 heterocycles. The van der Waals surface area contributed by atoms with E-state index in [1.54, 1.807) is 0 Å². The van der Waals surface area contributed by atoms with Crippen LogP contribution in [0.4, 0.5) is 0 Å². The van der Waals surface area contributed by atoms with Crippen LogP contribution in [-0.4, -0.2) is 20.9 Å². The number of carbonyl (C=O) groups excluding carboxylic acids is 1. The number of hydrogen-bond donors (Lipinski definition) is 1. The average Bonchev–Trinajstić information content (AvgIpc) is 2.06. The summed E-state index contributed by atoms with van der Waals surface area (Å²) in [4.78, 5) is 11.8. The normalized spacial score (nSPS) is 16.3. The second kappa shape index (κ2) is 1.10. The van der Waals surface area contributed by atoms with E-state index in [4.69, 9.17) is 5.73 Å². The van der Waals surface area contributed by atoms with Crippen LogP contribution in [0.3, 0.4) is 0 Å². The Morgan fingerprint density at radius 1 is 2.00 bits per heavy atom. The van der Waals surface area contributed by atoms with Gasteiger partial charge in [0.1, 0.15) is 0 Å². The van der Waals surface area contributed by atoms with Crippen LogP contribution >= 0.6 is 0 Å². The first-order valence-corrected chi connectivity index (χ1v) is 3.32. The van der Waals surface area contributed by atoms with Crippen LogP contribution in [-0.2, 0) is 4.79 Å². The SMILES string of the molecule is NC(=O)C1=C[Se]1. The Labute approximate surface area is 41.6 Å². The fourth-order valence-electron chi connectivity index (χ4n) is 0.146. The molecule has 1 rings (SSSR count). The van der Waals surface area contributed by atoms with Crippen LogP contribution in [0.25, 0.3) is 0 Å². The summed E-state index contributed by atoms with van der Waals surface area (Å²) in [6, 6.07) is 0. The quantitative estimate of drug-likeness (QED) is 0.477. The van der Waals surface area contributed by atoms with Crippen molar-refractivity contribution in [2.75, 3.05) is 0 Å². The van der Waals surface area contributed by atoms with E-state index in [1.165, 1.54) is 0 Å². The molecule has 0 atom stereocenters. The predicted molar refractivity (Wildman–Crippen MR) is 23.0 cm³/mol. The Bertz CT molecular complexity index is 118. The van der Waals surface area contributed by atoms with Crippen molar-refractivity contribution >= 4 is 20.9 Å². The summed E-state index contributed by atoms with van der Waals surface area (Å²) in [5, 5.41) is 0. The molecule has 6 heavy (non-hydrogen) atoms. The van der Waals surface area contributed by atoms with Crippen LogP contribution in [0, 0.1) is 0 Å². The van der Waals surface area contributed by atoms with Gasteiger partial charge in [-0.25, -0.2) is 0 Å². The molecule has 0 fully saturated rings. The topological polar surface area (TPSA) is 43.1 Å². The van der Waals surface area contributed by atoms with Gasteiger partial charge in [-0.1, -0.05) is 0 Å². The summed E-state index contributed by atoms with van der Waals surface area (Å²) in [6.45, 7) is 0. The summed E-state index contributed by atoms with van der Waals surface area (Å²) in [5.41, 5.74) is 4.81. The number of carbonyl (C=O) groups is 1. The average molecular weight is 148 g/mol. The zero-order valence-corrected chi connectivity index (χ0v) is 4.68. The first-order chi connectivity index (χ1) is 2.80. The molecule has 1 aliphatic rings. The fourth-order valence-corrected chi connectivity index (χ4v) is 0.757. The Hall–Kier alpha value is -0.271. The second-order valence-corrected chi connectivity index (χ2v) is 2.88. The molecule has 0 bridgehead atoms. The van der Waals surface area contributed by atoms with Gasteiger partial charge in [-0.2, -0.15) is 0 Å². The third-order valence-corrected chi connectivity index (χ3v) is 1.89. The van der Waals surface area contributed by atoms with E-state index in [-0.39, 0.29) is 5.91 Å². The summed E-state index contributed by atoms with van der Waals surface area (Å²) >= 11 is 0.381. The van der Waals surface area contributed by atoms with E-state index >= 15 is 0 Å². The molecule has 0 aromatic carbocycles. The number of nitrogens with two attached hydrogens (primary N) is 1. The second-order valence-electron chi connectivity index (χ2n) is 0.964. The van der Waals surface area contributed by atoms with Gasteiger partial charge in [0.2, 0.25) is 0 Å². The predicted octanol–water partition coefficient (Wildman–Crippen LogP) is -0.969. The van der Waals surface area contributed by atoms with Crippen molar-refractivity contribution in [3.05, 3.63) is 9.45 Å². The molecular weight excluding hydrogens is 145 g/mol. The molecule has 0 spiro atoms. The first-order valence-electron chi connectivity index (χ1n) is 1.47. The molecule has 2 N–H and O–H groups in total. The molecule has 1 aliphatic heterocycles. The molecule has 0 aliphatic carbocycles. The van der Waals surface area contributed by atoms with Crippen molar-refractivity contribution in [2.24, 2.45) is 5.73 Å². The molecule has 0 aromatic rings. The van der Waals surface area contributed by atoms with E-state index in [1.807, 2.05) is 4.97 Å². The van der Waals surface area contributed by atoms with Crippen LogP contribution in [0.15, 0.2) is 9.45 Å². The minimum atomic E-state index is -0.241. The van der Waals surface area contributed by atoms with Gasteiger partial charge in [0.05, 0.1) is 0 Å². The molecule has 0 aromatic heterocycles. The van der Waals surface area contributed by atoms with Gasteiger partial charge in [0, 0.05) is 0 Å². The molecule has 32 valence electrons. The third kappa shape index (κ3) is 0.614. The van der Waals surface area contributed by atoms with Gasteiger partial charge in [-0.15, -0.1) is 0 Å². The summed E-state index contributed by atoms with van der Waals surface area (Å²) in [6.07, 6.45) is 0. The third-order valence-electron chi connectivity index (χ3n) is 0.479. The van der Waals surface area contributed by atoms with Gasteiger partial charge in [-0.3, -0.25) is 0 Å². The Morgan fingerprint density at radius 2 is 2.50 bits per heavy atom. The van der Waals surface area contributed by atoms with Crippen LogP contribution < -0.4 is 5.73 Å². The van der Waals surface area contributed by atoms with Crippen molar-refractivity contribution < 1.29 is 4.79 Å². The van der Waals surface area contributed by atoms with Crippen LogP contribution in [0.2, 0.25) is 0 Å². The summed E-state index contributed by atoms with van der Waals surface area (Å²) in [5.74, 6) is -0.241.